The molecular formula is C75H85Cl2N15O5. The molecule has 2 aliphatic rings. The lowest BCUT2D eigenvalue weighted by molar-refractivity contribution is 0.0516. The Morgan fingerprint density at radius 1 is 0.546 bits per heavy atom. The third-order valence-electron chi connectivity index (χ3n) is 15.8. The number of nitrogen functional groups attached to an aromatic ring is 1. The minimum absolute atomic E-state index is 0. The van der Waals surface area contributed by atoms with Gasteiger partial charge in [-0.1, -0.05) is 38.6 Å². The molecule has 0 saturated heterocycles. The summed E-state index contributed by atoms with van der Waals surface area (Å²) in [5.41, 5.74) is 27.0. The summed E-state index contributed by atoms with van der Waals surface area (Å²) in [6.07, 6.45) is 2.40. The molecule has 6 N–H and O–H groups in total. The standard InChI is InChI=1S/C25H25N5O2.C23H23N5O.C14H12Cl2N4.C11H15NO2.2CH4.H2/c1-5-32-24(31)19-12-15(2)22(16(3)13-19)30-11-10-21-17(4)27-25(29-23(21)30)28-20-8-6-18(14-26)7-9-20;1-14-10-18(13-29)11-15(2)21(14)28-9-8-20-16(3)25-23(27-22(20)28)26-19-6-4-17(12-24)5-7-19;1-9-12(6-7-15)13(16)20-14(18-9)19-11-4-2-10(8-17)3-5-11;1-4-14-11(13)9-5-7(2)10(12)8(3)6-9;;;/h6-9,12-13H,5,10-11H2,1-4H3,(H,27,28,29);4-7,10-11,29H,8-9,13H2,1-3H3,(H,25,26,27);2-5H,6-7H2,1H3,(H,18,19,20);5-6H,4,12H2,1-3H3;2*1H4;1H/i;;;;;;1+1. The van der Waals surface area contributed by atoms with Crippen molar-refractivity contribution in [3.05, 3.63) is 215 Å². The highest BCUT2D eigenvalue weighted by Gasteiger charge is 2.30. The van der Waals surface area contributed by atoms with Crippen LogP contribution in [0.25, 0.3) is 0 Å². The minimum Gasteiger partial charge on any atom is -0.462 e. The van der Waals surface area contributed by atoms with Gasteiger partial charge in [-0.2, -0.15) is 25.8 Å². The van der Waals surface area contributed by atoms with E-state index >= 15 is 0 Å². The van der Waals surface area contributed by atoms with Crippen molar-refractivity contribution in [3.63, 3.8) is 0 Å². The highest BCUT2D eigenvalue weighted by molar-refractivity contribution is 6.30. The van der Waals surface area contributed by atoms with Gasteiger partial charge < -0.3 is 46.1 Å². The molecule has 3 aromatic heterocycles. The fourth-order valence-corrected chi connectivity index (χ4v) is 11.8. The van der Waals surface area contributed by atoms with Crippen LogP contribution in [0, 0.1) is 96.3 Å². The lowest BCUT2D eigenvalue weighted by atomic mass is 10.0. The number of aliphatic hydroxyl groups is 1. The van der Waals surface area contributed by atoms with E-state index in [0.717, 1.165) is 139 Å². The zero-order valence-corrected chi connectivity index (χ0v) is 56.6. The molecule has 0 fully saturated rings. The zero-order valence-electron chi connectivity index (χ0n) is 55.1. The lowest BCUT2D eigenvalue weighted by Crippen LogP contribution is -2.18. The van der Waals surface area contributed by atoms with Crippen molar-refractivity contribution in [1.82, 2.24) is 29.9 Å². The van der Waals surface area contributed by atoms with E-state index in [0.29, 0.717) is 76.3 Å². The number of alkyl halides is 1. The number of ether oxygens (including phenoxy) is 2. The molecule has 504 valence electrons. The van der Waals surface area contributed by atoms with Crippen LogP contribution in [0.3, 0.4) is 0 Å². The largest absolute Gasteiger partial charge is 0.462 e. The molecule has 0 aliphatic carbocycles. The van der Waals surface area contributed by atoms with Crippen molar-refractivity contribution in [2.75, 3.05) is 63.7 Å². The molecule has 0 spiro atoms. The summed E-state index contributed by atoms with van der Waals surface area (Å²) in [6.45, 7) is 23.8. The second-order valence-corrected chi connectivity index (χ2v) is 23.4. The van der Waals surface area contributed by atoms with Gasteiger partial charge in [0, 0.05) is 88.3 Å². The zero-order chi connectivity index (χ0) is 68.6. The van der Waals surface area contributed by atoms with Crippen molar-refractivity contribution in [2.24, 2.45) is 0 Å². The van der Waals surface area contributed by atoms with Crippen LogP contribution in [0.1, 0.15) is 140 Å². The first-order chi connectivity index (χ1) is 45.6. The van der Waals surface area contributed by atoms with Crippen LogP contribution in [-0.2, 0) is 35.3 Å². The summed E-state index contributed by atoms with van der Waals surface area (Å²) >= 11 is 11.9. The number of carbonyl (C=O) groups is 2. The van der Waals surface area contributed by atoms with E-state index in [1.807, 2.05) is 97.0 Å². The molecule has 9 aromatic rings. The molecule has 0 saturated carbocycles. The molecule has 97 heavy (non-hydrogen) atoms. The number of nitriles is 3. The quantitative estimate of drug-likeness (QED) is 0.0276. The average Bonchev–Trinajstić information content (AvgIpc) is 1.59. The summed E-state index contributed by atoms with van der Waals surface area (Å²) in [5.74, 6) is 3.16. The van der Waals surface area contributed by atoms with Crippen LogP contribution in [0.2, 0.25) is 5.15 Å². The summed E-state index contributed by atoms with van der Waals surface area (Å²) in [7, 11) is 0. The Hall–Kier alpha value is -10.7. The van der Waals surface area contributed by atoms with Gasteiger partial charge in [0.25, 0.3) is 0 Å². The Balaban J connectivity index is 0.000000243. The predicted molar refractivity (Wildman–Crippen MR) is 390 cm³/mol. The molecule has 0 atom stereocenters. The molecule has 22 heteroatoms. The molecule has 0 bridgehead atoms. The number of aryl methyl sites for hydroxylation is 9. The van der Waals surface area contributed by atoms with Crippen LogP contribution >= 0.6 is 23.2 Å². The van der Waals surface area contributed by atoms with Crippen molar-refractivity contribution < 1.29 is 25.6 Å². The maximum absolute atomic E-state index is 12.2. The van der Waals surface area contributed by atoms with E-state index in [2.05, 4.69) is 77.7 Å². The van der Waals surface area contributed by atoms with E-state index < -0.39 is 0 Å². The number of halogens is 2. The number of anilines is 11. The highest BCUT2D eigenvalue weighted by Crippen LogP contribution is 2.41. The number of aliphatic hydroxyl groups excluding tert-OH is 1. The maximum Gasteiger partial charge on any atom is 0.338 e. The number of nitrogens with zero attached hydrogens (tertiary/aromatic N) is 11. The number of hydrogen-bond donors (Lipinski definition) is 5. The first kappa shape index (κ1) is 75.3. The third-order valence-corrected chi connectivity index (χ3v) is 16.3. The molecule has 0 amide bonds. The predicted octanol–water partition coefficient (Wildman–Crippen LogP) is 16.5. The van der Waals surface area contributed by atoms with E-state index in [9.17, 15) is 14.7 Å². The van der Waals surface area contributed by atoms with Gasteiger partial charge in [0.05, 0.1) is 65.8 Å². The van der Waals surface area contributed by atoms with Gasteiger partial charge in [0.1, 0.15) is 16.8 Å². The van der Waals surface area contributed by atoms with E-state index in [-0.39, 0.29) is 34.8 Å². The van der Waals surface area contributed by atoms with E-state index in [1.165, 1.54) is 5.56 Å². The van der Waals surface area contributed by atoms with Gasteiger partial charge in [0.15, 0.2) is 0 Å². The lowest BCUT2D eigenvalue weighted by Gasteiger charge is -2.24. The number of aromatic nitrogens is 6. The smallest absolute Gasteiger partial charge is 0.338 e. The Kier molecular flexibility index (Phi) is 26.9. The number of esters is 2. The molecular weight excluding hydrogens is 1260 g/mol. The second-order valence-electron chi connectivity index (χ2n) is 22.6. The third kappa shape index (κ3) is 18.6. The highest BCUT2D eigenvalue weighted by atomic mass is 35.5. The number of benzene rings is 6. The Bertz CT molecular complexity index is 4350. The first-order valence-corrected chi connectivity index (χ1v) is 31.8. The average molecular weight is 1350 g/mol. The molecule has 6 aromatic carbocycles. The minimum atomic E-state index is -0.306. The molecule has 20 nitrogen and oxygen atoms in total. The number of rotatable bonds is 15. The van der Waals surface area contributed by atoms with Gasteiger partial charge in [-0.3, -0.25) is 0 Å². The van der Waals surface area contributed by atoms with Gasteiger partial charge >= 0.3 is 11.9 Å². The van der Waals surface area contributed by atoms with E-state index in [1.54, 1.807) is 74.5 Å². The van der Waals surface area contributed by atoms with Crippen molar-refractivity contribution in [2.45, 2.75) is 117 Å². The van der Waals surface area contributed by atoms with Crippen molar-refractivity contribution in [3.8, 4) is 18.2 Å². The Labute approximate surface area is 580 Å². The van der Waals surface area contributed by atoms with Crippen LogP contribution in [0.4, 0.5) is 63.6 Å². The van der Waals surface area contributed by atoms with Crippen molar-refractivity contribution in [1.29, 1.82) is 15.8 Å². The normalized spacial score (nSPS) is 11.3. The molecule has 11 rings (SSSR count). The number of nitrogens with one attached hydrogen (secondary N) is 3. The Morgan fingerprint density at radius 2 is 0.887 bits per heavy atom. The van der Waals surface area contributed by atoms with Crippen molar-refractivity contribution >= 4 is 98.7 Å². The van der Waals surface area contributed by atoms with Gasteiger partial charge in [-0.15, -0.1) is 11.6 Å². The SMILES string of the molecule is C.C.CCOC(=O)c1cc(C)c(N)c(C)c1.CCOC(=O)c1cc(C)c(N2CCc3c(C)nc(Nc4ccc(C#N)cc4)nc32)c(C)c1.Cc1cc(CO)cc(C)c1N1CCc2c(C)nc(Nc3ccc(C#N)cc3)nc21.Cc1nc(Nc2ccc(C#N)cc2)nc(Cl)c1CCCl.[2HH]. The fraction of sp³-hybridized carbons (Fsp3) is 0.293. The monoisotopic (exact) mass is 1350 g/mol. The first-order valence-electron chi connectivity index (χ1n) is 30.8. The summed E-state index contributed by atoms with van der Waals surface area (Å²) in [6, 6.07) is 39.1. The van der Waals surface area contributed by atoms with Gasteiger partial charge in [-0.05, 0) is 231 Å². The fourth-order valence-electron chi connectivity index (χ4n) is 11.3. The molecule has 0 radical (unpaired) electrons. The number of carbonyl (C=O) groups excluding carboxylic acids is 2. The van der Waals surface area contributed by atoms with Gasteiger partial charge in [0.2, 0.25) is 17.8 Å². The molecule has 0 unspecified atom stereocenters. The van der Waals surface area contributed by atoms with Crippen LogP contribution in [0.5, 0.6) is 0 Å². The summed E-state index contributed by atoms with van der Waals surface area (Å²) < 4.78 is 10.1. The molecule has 2 aliphatic heterocycles. The second kappa shape index (κ2) is 34.6. The van der Waals surface area contributed by atoms with Gasteiger partial charge in [-0.25, -0.2) is 29.5 Å². The van der Waals surface area contributed by atoms with E-state index in [4.69, 9.17) is 64.2 Å². The number of nitrogens with two attached hydrogens (primary N) is 1. The topological polar surface area (TPSA) is 290 Å². The van der Waals surface area contributed by atoms with Crippen LogP contribution in [-0.4, -0.2) is 79.1 Å². The number of hydrogen-bond acceptors (Lipinski definition) is 20. The summed E-state index contributed by atoms with van der Waals surface area (Å²) in [4.78, 5) is 55.5. The summed E-state index contributed by atoms with van der Waals surface area (Å²) in [5, 5.41) is 46.2. The number of fused-ring (bicyclic) bond motifs is 2. The van der Waals surface area contributed by atoms with Crippen LogP contribution in [0.15, 0.2) is 109 Å². The maximum atomic E-state index is 12.2. The van der Waals surface area contributed by atoms with Crippen LogP contribution < -0.4 is 31.5 Å². The Morgan fingerprint density at radius 3 is 1.22 bits per heavy atom. The molecule has 5 heterocycles.